The standard InChI is InChI=1S/C36H49BrN6O4/c1-25-22-27(23-26(2)33(25)37)24-32(34(44)41-13-9-29(10-14-41)40-20-18-39(3)19-21-40)47-36(46)42-15-11-30(12-16-42)43-17-8-28-6-4-5-7-31(28)38-35(43)45/h4-7,22-23,29-30,32H,8-21,24H2,1-3H3,(H,38,45). The predicted molar refractivity (Wildman–Crippen MR) is 187 cm³/mol. The second-order valence-corrected chi connectivity index (χ2v) is 14.6. The fourth-order valence-electron chi connectivity index (χ4n) is 7.68. The number of likely N-dealkylation sites (tertiary alicyclic amines) is 2. The third kappa shape index (κ3) is 7.95. The Kier molecular flexibility index (Phi) is 10.7. The van der Waals surface area contributed by atoms with Crippen molar-refractivity contribution >= 4 is 39.6 Å². The number of benzene rings is 2. The number of carbonyl (C=O) groups excluding carboxylic acids is 3. The van der Waals surface area contributed by atoms with Crippen LogP contribution in [0.5, 0.6) is 0 Å². The second-order valence-electron chi connectivity index (χ2n) is 13.8. The number of fused-ring (bicyclic) bond motifs is 1. The molecule has 0 aromatic heterocycles. The molecule has 1 N–H and O–H groups in total. The normalized spacial score (nSPS) is 21.2. The number of piperazine rings is 1. The molecule has 254 valence electrons. The van der Waals surface area contributed by atoms with E-state index in [9.17, 15) is 14.4 Å². The van der Waals surface area contributed by atoms with Crippen molar-refractivity contribution in [3.8, 4) is 0 Å². The number of piperidine rings is 2. The average Bonchev–Trinajstić information content (AvgIpc) is 3.25. The number of amides is 4. The topological polar surface area (TPSA) is 88.7 Å². The number of halogens is 1. The van der Waals surface area contributed by atoms with Gasteiger partial charge in [0.2, 0.25) is 0 Å². The fraction of sp³-hybridized carbons (Fsp3) is 0.583. The van der Waals surface area contributed by atoms with Gasteiger partial charge in [0.25, 0.3) is 5.91 Å². The van der Waals surface area contributed by atoms with Crippen LogP contribution in [0.1, 0.15) is 47.9 Å². The Morgan fingerprint density at radius 1 is 0.872 bits per heavy atom. The van der Waals surface area contributed by atoms with Crippen molar-refractivity contribution in [2.45, 2.75) is 70.6 Å². The van der Waals surface area contributed by atoms with Crippen molar-refractivity contribution in [2.24, 2.45) is 0 Å². The molecule has 4 aliphatic heterocycles. The van der Waals surface area contributed by atoms with Crippen LogP contribution in [0.15, 0.2) is 40.9 Å². The molecular formula is C36H49BrN6O4. The lowest BCUT2D eigenvalue weighted by molar-refractivity contribution is -0.142. The molecule has 0 spiro atoms. The van der Waals surface area contributed by atoms with Gasteiger partial charge in [-0.25, -0.2) is 9.59 Å². The van der Waals surface area contributed by atoms with Crippen molar-refractivity contribution in [2.75, 3.05) is 71.3 Å². The molecule has 2 aromatic carbocycles. The Bertz CT molecular complexity index is 1420. The molecule has 0 saturated carbocycles. The van der Waals surface area contributed by atoms with Crippen LogP contribution >= 0.6 is 15.9 Å². The lowest BCUT2D eigenvalue weighted by Crippen LogP contribution is -2.54. The maximum Gasteiger partial charge on any atom is 0.410 e. The summed E-state index contributed by atoms with van der Waals surface area (Å²) in [5.74, 6) is -0.107. The molecule has 0 aliphatic carbocycles. The van der Waals surface area contributed by atoms with Crippen LogP contribution in [-0.4, -0.2) is 127 Å². The first-order chi connectivity index (χ1) is 22.7. The van der Waals surface area contributed by atoms with Gasteiger partial charge in [0.15, 0.2) is 6.10 Å². The van der Waals surface area contributed by atoms with Gasteiger partial charge in [0, 0.05) is 87.6 Å². The maximum atomic E-state index is 14.1. The molecule has 2 aromatic rings. The van der Waals surface area contributed by atoms with Gasteiger partial charge >= 0.3 is 12.1 Å². The number of anilines is 1. The van der Waals surface area contributed by atoms with Crippen LogP contribution in [0.25, 0.3) is 0 Å². The summed E-state index contributed by atoms with van der Waals surface area (Å²) in [5, 5.41) is 3.06. The summed E-state index contributed by atoms with van der Waals surface area (Å²) in [6.07, 6.45) is 3.00. The van der Waals surface area contributed by atoms with Crippen molar-refractivity contribution in [1.82, 2.24) is 24.5 Å². The second kappa shape index (κ2) is 15.0. The van der Waals surface area contributed by atoms with Crippen LogP contribution in [0.4, 0.5) is 15.3 Å². The van der Waals surface area contributed by atoms with Gasteiger partial charge in [-0.05, 0) is 81.3 Å². The van der Waals surface area contributed by atoms with Crippen molar-refractivity contribution < 1.29 is 19.1 Å². The van der Waals surface area contributed by atoms with E-state index in [0.29, 0.717) is 58.0 Å². The molecule has 0 radical (unpaired) electrons. The highest BCUT2D eigenvalue weighted by Gasteiger charge is 2.36. The summed E-state index contributed by atoms with van der Waals surface area (Å²) in [7, 11) is 2.17. The molecule has 4 amide bonds. The Hall–Kier alpha value is -3.15. The zero-order valence-corrected chi connectivity index (χ0v) is 29.6. The molecule has 6 rings (SSSR count). The van der Waals surface area contributed by atoms with E-state index in [1.807, 2.05) is 41.8 Å². The third-order valence-electron chi connectivity index (χ3n) is 10.6. The van der Waals surface area contributed by atoms with E-state index in [4.69, 9.17) is 4.74 Å². The molecule has 11 heteroatoms. The van der Waals surface area contributed by atoms with Crippen LogP contribution < -0.4 is 5.32 Å². The zero-order valence-electron chi connectivity index (χ0n) is 28.0. The number of hydrogen-bond acceptors (Lipinski definition) is 6. The Labute approximate surface area is 287 Å². The lowest BCUT2D eigenvalue weighted by atomic mass is 9.99. The molecule has 1 atom stereocenters. The first-order valence-electron chi connectivity index (χ1n) is 17.2. The molecule has 0 bridgehead atoms. The zero-order chi connectivity index (χ0) is 33.1. The number of hydrogen-bond donors (Lipinski definition) is 1. The number of nitrogens with one attached hydrogen (secondary N) is 1. The van der Waals surface area contributed by atoms with Gasteiger partial charge in [-0.3, -0.25) is 9.69 Å². The van der Waals surface area contributed by atoms with Gasteiger partial charge in [-0.1, -0.05) is 46.3 Å². The predicted octanol–water partition coefficient (Wildman–Crippen LogP) is 4.91. The quantitative estimate of drug-likeness (QED) is 0.459. The maximum absolute atomic E-state index is 14.1. The highest BCUT2D eigenvalue weighted by atomic mass is 79.9. The number of carbonyl (C=O) groups is 3. The van der Waals surface area contributed by atoms with Crippen LogP contribution in [0.2, 0.25) is 0 Å². The van der Waals surface area contributed by atoms with Crippen LogP contribution in [0.3, 0.4) is 0 Å². The first-order valence-corrected chi connectivity index (χ1v) is 18.0. The highest BCUT2D eigenvalue weighted by Crippen LogP contribution is 2.27. The number of ether oxygens (including phenoxy) is 1. The number of likely N-dealkylation sites (N-methyl/N-ethyl adjacent to an activating group) is 1. The van der Waals surface area contributed by atoms with Crippen molar-refractivity contribution in [3.63, 3.8) is 0 Å². The molecule has 3 saturated heterocycles. The summed E-state index contributed by atoms with van der Waals surface area (Å²) in [5.41, 5.74) is 5.17. The highest BCUT2D eigenvalue weighted by molar-refractivity contribution is 9.10. The van der Waals surface area contributed by atoms with Crippen molar-refractivity contribution in [3.05, 3.63) is 63.1 Å². The van der Waals surface area contributed by atoms with E-state index in [2.05, 4.69) is 56.3 Å². The minimum Gasteiger partial charge on any atom is -0.436 e. The number of urea groups is 1. The fourth-order valence-corrected chi connectivity index (χ4v) is 7.91. The number of para-hydroxylation sites is 1. The molecule has 1 unspecified atom stereocenters. The molecule has 4 aliphatic rings. The van der Waals surface area contributed by atoms with E-state index in [-0.39, 0.29) is 18.0 Å². The smallest absolute Gasteiger partial charge is 0.410 e. The van der Waals surface area contributed by atoms with Gasteiger partial charge in [0.1, 0.15) is 0 Å². The Balaban J connectivity index is 1.08. The molecule has 10 nitrogen and oxygen atoms in total. The SMILES string of the molecule is Cc1cc(CC(OC(=O)N2CCC(N3CCc4ccccc4NC3=O)CC2)C(=O)N2CCC(N3CCN(C)CC3)CC2)cc(C)c1Br. The van der Waals surface area contributed by atoms with Crippen LogP contribution in [-0.2, 0) is 22.4 Å². The van der Waals surface area contributed by atoms with Gasteiger partial charge in [-0.2, -0.15) is 0 Å². The minimum absolute atomic E-state index is 0.0427. The monoisotopic (exact) mass is 708 g/mol. The van der Waals surface area contributed by atoms with Gasteiger partial charge in [-0.15, -0.1) is 0 Å². The van der Waals surface area contributed by atoms with Gasteiger partial charge in [0.05, 0.1) is 0 Å². The van der Waals surface area contributed by atoms with Crippen molar-refractivity contribution in [1.29, 1.82) is 0 Å². The molecule has 4 heterocycles. The summed E-state index contributed by atoms with van der Waals surface area (Å²) >= 11 is 3.65. The minimum atomic E-state index is -0.893. The van der Waals surface area contributed by atoms with E-state index < -0.39 is 12.2 Å². The largest absolute Gasteiger partial charge is 0.436 e. The van der Waals surface area contributed by atoms with E-state index in [1.54, 1.807) is 4.90 Å². The molecule has 47 heavy (non-hydrogen) atoms. The summed E-state index contributed by atoms with van der Waals surface area (Å²) in [6.45, 7) is 11.4. The summed E-state index contributed by atoms with van der Waals surface area (Å²) in [4.78, 5) is 51.2. The first kappa shape index (κ1) is 33.7. The van der Waals surface area contributed by atoms with E-state index in [1.165, 1.54) is 0 Å². The number of rotatable bonds is 6. The Morgan fingerprint density at radius 2 is 1.49 bits per heavy atom. The molecule has 3 fully saturated rings. The number of aryl methyl sites for hydroxylation is 2. The molecular weight excluding hydrogens is 660 g/mol. The summed E-state index contributed by atoms with van der Waals surface area (Å²) < 4.78 is 7.17. The Morgan fingerprint density at radius 3 is 2.17 bits per heavy atom. The van der Waals surface area contributed by atoms with E-state index >= 15 is 0 Å². The van der Waals surface area contributed by atoms with E-state index in [0.717, 1.165) is 77.9 Å². The summed E-state index contributed by atoms with van der Waals surface area (Å²) in [6, 6.07) is 12.5. The van der Waals surface area contributed by atoms with Crippen LogP contribution in [0, 0.1) is 13.8 Å². The average molecular weight is 710 g/mol. The lowest BCUT2D eigenvalue weighted by Gasteiger charge is -2.42. The third-order valence-corrected chi connectivity index (χ3v) is 11.8. The van der Waals surface area contributed by atoms with Gasteiger partial charge < -0.3 is 29.7 Å². The number of nitrogens with zero attached hydrogens (tertiary/aromatic N) is 5.